The number of aryl methyl sites for hydroxylation is 2. The Balaban J connectivity index is 1.52. The molecule has 3 aromatic rings. The number of hydrogen-bond acceptors (Lipinski definition) is 6. The van der Waals surface area contributed by atoms with Gasteiger partial charge in [0.1, 0.15) is 17.1 Å². The van der Waals surface area contributed by atoms with Crippen LogP contribution in [0.2, 0.25) is 0 Å². The Hall–Kier alpha value is -2.97. The molecule has 9 heteroatoms. The van der Waals surface area contributed by atoms with E-state index in [4.69, 9.17) is 4.52 Å². The number of amides is 1. The number of carbonyl (C=O) groups is 1. The maximum absolute atomic E-state index is 13.0. The Bertz CT molecular complexity index is 922. The van der Waals surface area contributed by atoms with Crippen LogP contribution < -0.4 is 0 Å². The molecule has 142 valence electrons. The first kappa shape index (κ1) is 17.4. The van der Waals surface area contributed by atoms with Gasteiger partial charge in [-0.05, 0) is 26.7 Å². The van der Waals surface area contributed by atoms with Crippen molar-refractivity contribution in [1.82, 2.24) is 34.4 Å². The van der Waals surface area contributed by atoms with Gasteiger partial charge < -0.3 is 18.6 Å². The highest BCUT2D eigenvalue weighted by atomic mass is 16.5. The van der Waals surface area contributed by atoms with Gasteiger partial charge in [0, 0.05) is 38.4 Å². The first-order valence-electron chi connectivity index (χ1n) is 9.10. The first-order valence-corrected chi connectivity index (χ1v) is 9.10. The van der Waals surface area contributed by atoms with Gasteiger partial charge in [-0.2, -0.15) is 0 Å². The standard InChI is InChI=1S/C18H23N7O2/c1-12-16(13(2)27-22-12)18(26)25-7-4-5-14(9-25)17-21-20-15(23(17)3)10-24-8-6-19-11-24/h6,8,11,14H,4-5,7,9-10H2,1-3H3/t14-/m1/s1. The molecule has 1 aliphatic rings. The van der Waals surface area contributed by atoms with Gasteiger partial charge in [-0.25, -0.2) is 4.98 Å². The van der Waals surface area contributed by atoms with Gasteiger partial charge in [0.15, 0.2) is 5.82 Å². The average Bonchev–Trinajstić information content (AvgIpc) is 3.38. The SMILES string of the molecule is Cc1noc(C)c1C(=O)N1CCC[C@@H](c2nnc(Cn3ccnc3)n2C)C1. The van der Waals surface area contributed by atoms with E-state index in [1.807, 2.05) is 27.3 Å². The molecule has 0 N–H and O–H groups in total. The Kier molecular flexibility index (Phi) is 4.51. The number of nitrogens with zero attached hydrogens (tertiary/aromatic N) is 7. The maximum Gasteiger partial charge on any atom is 0.259 e. The summed E-state index contributed by atoms with van der Waals surface area (Å²) in [6.07, 6.45) is 7.33. The lowest BCUT2D eigenvalue weighted by Gasteiger charge is -2.32. The molecule has 3 aromatic heterocycles. The Labute approximate surface area is 157 Å². The Morgan fingerprint density at radius 2 is 2.19 bits per heavy atom. The predicted molar refractivity (Wildman–Crippen MR) is 96.2 cm³/mol. The molecule has 4 heterocycles. The molecule has 0 bridgehead atoms. The van der Waals surface area contributed by atoms with E-state index in [0.29, 0.717) is 30.1 Å². The topological polar surface area (TPSA) is 94.9 Å². The van der Waals surface area contributed by atoms with Crippen molar-refractivity contribution < 1.29 is 9.32 Å². The third kappa shape index (κ3) is 3.24. The zero-order valence-corrected chi connectivity index (χ0v) is 15.8. The third-order valence-corrected chi connectivity index (χ3v) is 5.20. The van der Waals surface area contributed by atoms with Gasteiger partial charge in [0.25, 0.3) is 5.91 Å². The molecule has 1 saturated heterocycles. The summed E-state index contributed by atoms with van der Waals surface area (Å²) < 4.78 is 9.16. The minimum absolute atomic E-state index is 0.0169. The molecule has 1 atom stereocenters. The van der Waals surface area contributed by atoms with E-state index in [0.717, 1.165) is 31.0 Å². The predicted octanol–water partition coefficient (Wildman–Crippen LogP) is 1.68. The van der Waals surface area contributed by atoms with Gasteiger partial charge >= 0.3 is 0 Å². The number of piperidine rings is 1. The molecule has 1 amide bonds. The molecule has 1 aliphatic heterocycles. The van der Waals surface area contributed by atoms with Crippen LogP contribution in [-0.2, 0) is 13.6 Å². The second kappa shape index (κ2) is 6.98. The van der Waals surface area contributed by atoms with Crippen LogP contribution in [0.5, 0.6) is 0 Å². The molecule has 1 fully saturated rings. The summed E-state index contributed by atoms with van der Waals surface area (Å²) in [6.45, 7) is 5.56. The number of imidazole rings is 1. The van der Waals surface area contributed by atoms with Crippen LogP contribution in [0.15, 0.2) is 23.2 Å². The monoisotopic (exact) mass is 369 g/mol. The fourth-order valence-corrected chi connectivity index (χ4v) is 3.73. The van der Waals surface area contributed by atoms with E-state index in [-0.39, 0.29) is 11.8 Å². The van der Waals surface area contributed by atoms with Crippen molar-refractivity contribution in [3.63, 3.8) is 0 Å². The molecule has 27 heavy (non-hydrogen) atoms. The van der Waals surface area contributed by atoms with Crippen molar-refractivity contribution in [3.05, 3.63) is 47.4 Å². The summed E-state index contributed by atoms with van der Waals surface area (Å²) in [4.78, 5) is 18.9. The smallest absolute Gasteiger partial charge is 0.259 e. The van der Waals surface area contributed by atoms with Crippen molar-refractivity contribution in [3.8, 4) is 0 Å². The van der Waals surface area contributed by atoms with Gasteiger partial charge in [0.05, 0.1) is 18.6 Å². The van der Waals surface area contributed by atoms with Gasteiger partial charge in [0.2, 0.25) is 0 Å². The van der Waals surface area contributed by atoms with Crippen LogP contribution in [-0.4, -0.2) is 53.4 Å². The van der Waals surface area contributed by atoms with Crippen molar-refractivity contribution in [2.75, 3.05) is 13.1 Å². The molecule has 4 rings (SSSR count). The van der Waals surface area contributed by atoms with Gasteiger partial charge in [-0.15, -0.1) is 10.2 Å². The van der Waals surface area contributed by atoms with Crippen LogP contribution in [0.1, 0.15) is 52.2 Å². The van der Waals surface area contributed by atoms with Gasteiger partial charge in [-0.1, -0.05) is 5.16 Å². The van der Waals surface area contributed by atoms with Crippen LogP contribution >= 0.6 is 0 Å². The number of carbonyl (C=O) groups excluding carboxylic acids is 1. The molecular weight excluding hydrogens is 346 g/mol. The number of aromatic nitrogens is 6. The van der Waals surface area contributed by atoms with Crippen molar-refractivity contribution >= 4 is 5.91 Å². The van der Waals surface area contributed by atoms with Crippen LogP contribution in [0.3, 0.4) is 0 Å². The summed E-state index contributed by atoms with van der Waals surface area (Å²) in [5.74, 6) is 2.51. The molecule has 0 spiro atoms. The molecule has 0 aromatic carbocycles. The van der Waals surface area contributed by atoms with Crippen LogP contribution in [0.4, 0.5) is 0 Å². The Morgan fingerprint density at radius 1 is 1.33 bits per heavy atom. The van der Waals surface area contributed by atoms with E-state index in [1.165, 1.54) is 0 Å². The zero-order chi connectivity index (χ0) is 19.0. The molecule has 0 saturated carbocycles. The van der Waals surface area contributed by atoms with Crippen LogP contribution in [0.25, 0.3) is 0 Å². The number of rotatable bonds is 4. The number of likely N-dealkylation sites (tertiary alicyclic amines) is 1. The number of hydrogen-bond donors (Lipinski definition) is 0. The highest BCUT2D eigenvalue weighted by Crippen LogP contribution is 2.28. The zero-order valence-electron chi connectivity index (χ0n) is 15.8. The van der Waals surface area contributed by atoms with Crippen molar-refractivity contribution in [2.45, 2.75) is 39.2 Å². The highest BCUT2D eigenvalue weighted by molar-refractivity contribution is 5.96. The minimum atomic E-state index is -0.0169. The minimum Gasteiger partial charge on any atom is -0.361 e. The fraction of sp³-hybridized carbons (Fsp3) is 0.500. The summed E-state index contributed by atoms with van der Waals surface area (Å²) in [6, 6.07) is 0. The molecular formula is C18H23N7O2. The van der Waals surface area contributed by atoms with E-state index >= 15 is 0 Å². The van der Waals surface area contributed by atoms with Crippen LogP contribution in [0, 0.1) is 13.8 Å². The third-order valence-electron chi connectivity index (χ3n) is 5.20. The summed E-state index contributed by atoms with van der Waals surface area (Å²) in [5, 5.41) is 12.7. The largest absolute Gasteiger partial charge is 0.361 e. The molecule has 0 unspecified atom stereocenters. The second-order valence-electron chi connectivity index (χ2n) is 7.06. The normalized spacial score (nSPS) is 17.4. The van der Waals surface area contributed by atoms with E-state index in [1.54, 1.807) is 26.4 Å². The van der Waals surface area contributed by atoms with E-state index < -0.39 is 0 Å². The maximum atomic E-state index is 13.0. The highest BCUT2D eigenvalue weighted by Gasteiger charge is 2.31. The van der Waals surface area contributed by atoms with Gasteiger partial charge in [-0.3, -0.25) is 4.79 Å². The lowest BCUT2D eigenvalue weighted by atomic mass is 9.96. The molecule has 0 aliphatic carbocycles. The summed E-state index contributed by atoms with van der Waals surface area (Å²) in [5.41, 5.74) is 1.22. The van der Waals surface area contributed by atoms with Crippen molar-refractivity contribution in [2.24, 2.45) is 7.05 Å². The van der Waals surface area contributed by atoms with Crippen molar-refractivity contribution in [1.29, 1.82) is 0 Å². The fourth-order valence-electron chi connectivity index (χ4n) is 3.73. The lowest BCUT2D eigenvalue weighted by Crippen LogP contribution is -2.40. The average molecular weight is 369 g/mol. The Morgan fingerprint density at radius 3 is 2.89 bits per heavy atom. The second-order valence-corrected chi connectivity index (χ2v) is 7.06. The van der Waals surface area contributed by atoms with E-state index in [2.05, 4.69) is 20.3 Å². The lowest BCUT2D eigenvalue weighted by molar-refractivity contribution is 0.0701. The molecule has 0 radical (unpaired) electrons. The first-order chi connectivity index (χ1) is 13.0. The quantitative estimate of drug-likeness (QED) is 0.694. The molecule has 9 nitrogen and oxygen atoms in total. The van der Waals surface area contributed by atoms with E-state index in [9.17, 15) is 4.79 Å². The summed E-state index contributed by atoms with van der Waals surface area (Å²) >= 11 is 0. The summed E-state index contributed by atoms with van der Waals surface area (Å²) in [7, 11) is 1.98.